The maximum atomic E-state index is 12.8. The first-order valence-electron chi connectivity index (χ1n) is 9.29. The Morgan fingerprint density at radius 3 is 2.69 bits per heavy atom. The number of hydrogen-bond donors (Lipinski definition) is 1. The lowest BCUT2D eigenvalue weighted by Gasteiger charge is -2.22. The smallest absolute Gasteiger partial charge is 0.290 e. The van der Waals surface area contributed by atoms with Gasteiger partial charge in [-0.15, -0.1) is 10.2 Å². The van der Waals surface area contributed by atoms with Crippen LogP contribution < -0.4 is 10.2 Å². The number of nitrogens with zero attached hydrogens (tertiary/aromatic N) is 4. The second-order valence-electron chi connectivity index (χ2n) is 6.98. The molecular weight excluding hydrogens is 390 g/mol. The minimum Gasteiger partial charge on any atom is -0.459 e. The fourth-order valence-electron chi connectivity index (χ4n) is 3.31. The second-order valence-corrected chi connectivity index (χ2v) is 7.95. The summed E-state index contributed by atoms with van der Waals surface area (Å²) in [6.45, 7) is 0.525. The molecule has 1 aliphatic rings. The van der Waals surface area contributed by atoms with Gasteiger partial charge in [-0.1, -0.05) is 11.3 Å². The zero-order chi connectivity index (χ0) is 20.4. The van der Waals surface area contributed by atoms with Gasteiger partial charge < -0.3 is 14.2 Å². The Morgan fingerprint density at radius 2 is 2.00 bits per heavy atom. The number of nitrogens with one attached hydrogen (secondary N) is 1. The van der Waals surface area contributed by atoms with Crippen LogP contribution in [-0.4, -0.2) is 53.6 Å². The molecule has 2 aromatic heterocycles. The van der Waals surface area contributed by atoms with E-state index < -0.39 is 6.04 Å². The fraction of sp³-hybridized carbons (Fsp3) is 0.300. The Balaban J connectivity index is 1.44. The van der Waals surface area contributed by atoms with E-state index in [4.69, 9.17) is 4.42 Å². The molecule has 0 saturated carbocycles. The molecule has 1 unspecified atom stereocenters. The molecule has 0 bridgehead atoms. The maximum absolute atomic E-state index is 12.8. The van der Waals surface area contributed by atoms with Gasteiger partial charge in [0.2, 0.25) is 11.0 Å². The number of anilines is 2. The minimum absolute atomic E-state index is 0.240. The van der Waals surface area contributed by atoms with E-state index in [-0.39, 0.29) is 17.6 Å². The van der Waals surface area contributed by atoms with Gasteiger partial charge in [0, 0.05) is 31.9 Å². The Kier molecular flexibility index (Phi) is 5.30. The maximum Gasteiger partial charge on any atom is 0.290 e. The van der Waals surface area contributed by atoms with E-state index in [1.165, 1.54) is 17.6 Å². The van der Waals surface area contributed by atoms with Crippen molar-refractivity contribution < 1.29 is 14.0 Å². The Bertz CT molecular complexity index is 998. The number of likely N-dealkylation sites (tertiary alicyclic amines) is 1. The van der Waals surface area contributed by atoms with E-state index in [1.54, 1.807) is 17.0 Å². The lowest BCUT2D eigenvalue weighted by Crippen LogP contribution is -2.43. The molecule has 2 amide bonds. The van der Waals surface area contributed by atoms with Crippen LogP contribution in [-0.2, 0) is 4.79 Å². The van der Waals surface area contributed by atoms with E-state index in [0.29, 0.717) is 18.1 Å². The average molecular weight is 411 g/mol. The first-order valence-corrected chi connectivity index (χ1v) is 10.1. The molecule has 0 radical (unpaired) electrons. The molecule has 1 atom stereocenters. The van der Waals surface area contributed by atoms with Crippen molar-refractivity contribution in [1.82, 2.24) is 15.1 Å². The topological polar surface area (TPSA) is 91.6 Å². The largest absolute Gasteiger partial charge is 0.459 e. The normalized spacial score (nSPS) is 16.1. The van der Waals surface area contributed by atoms with E-state index in [9.17, 15) is 9.59 Å². The standard InChI is InChI=1S/C20H21N5O3S/c1-24(2)14-9-7-13(8-10-14)18-22-23-20(29-18)21-17(26)15-5-3-11-25(15)19(27)16-6-4-12-28-16/h4,6-10,12,15H,3,5,11H2,1-2H3,(H,21,23,26). The van der Waals surface area contributed by atoms with Gasteiger partial charge in [-0.2, -0.15) is 0 Å². The molecule has 1 fully saturated rings. The summed E-state index contributed by atoms with van der Waals surface area (Å²) in [5.74, 6) is -0.288. The highest BCUT2D eigenvalue weighted by molar-refractivity contribution is 7.18. The molecule has 0 aliphatic carbocycles. The third-order valence-corrected chi connectivity index (χ3v) is 5.72. The average Bonchev–Trinajstić information content (AvgIpc) is 3.48. The van der Waals surface area contributed by atoms with Crippen LogP contribution in [0.4, 0.5) is 10.8 Å². The molecule has 29 heavy (non-hydrogen) atoms. The van der Waals surface area contributed by atoms with Gasteiger partial charge in [0.05, 0.1) is 6.26 Å². The highest BCUT2D eigenvalue weighted by atomic mass is 32.1. The number of hydrogen-bond acceptors (Lipinski definition) is 7. The van der Waals surface area contributed by atoms with Crippen LogP contribution in [0.25, 0.3) is 10.6 Å². The summed E-state index contributed by atoms with van der Waals surface area (Å²) in [6, 6.07) is 10.7. The highest BCUT2D eigenvalue weighted by Gasteiger charge is 2.35. The van der Waals surface area contributed by atoms with E-state index >= 15 is 0 Å². The summed E-state index contributed by atoms with van der Waals surface area (Å²) < 4.78 is 5.18. The van der Waals surface area contributed by atoms with Gasteiger partial charge in [-0.05, 0) is 49.2 Å². The zero-order valence-corrected chi connectivity index (χ0v) is 17.0. The van der Waals surface area contributed by atoms with Gasteiger partial charge >= 0.3 is 0 Å². The van der Waals surface area contributed by atoms with Crippen molar-refractivity contribution in [2.75, 3.05) is 30.9 Å². The summed E-state index contributed by atoms with van der Waals surface area (Å²) in [4.78, 5) is 28.9. The molecule has 150 valence electrons. The van der Waals surface area contributed by atoms with Gasteiger partial charge in [0.25, 0.3) is 5.91 Å². The molecule has 1 N–H and O–H groups in total. The molecule has 3 heterocycles. The Hall–Kier alpha value is -3.20. The zero-order valence-electron chi connectivity index (χ0n) is 16.2. The lowest BCUT2D eigenvalue weighted by atomic mass is 10.2. The molecule has 1 saturated heterocycles. The third-order valence-electron chi connectivity index (χ3n) is 4.83. The number of amides is 2. The quantitative estimate of drug-likeness (QED) is 0.694. The summed E-state index contributed by atoms with van der Waals surface area (Å²) >= 11 is 1.30. The molecule has 4 rings (SSSR count). The Labute approximate surface area is 172 Å². The van der Waals surface area contributed by atoms with Crippen LogP contribution in [0.3, 0.4) is 0 Å². The molecular formula is C20H21N5O3S. The number of carbonyl (C=O) groups is 2. The van der Waals surface area contributed by atoms with E-state index in [2.05, 4.69) is 15.5 Å². The molecule has 0 spiro atoms. The van der Waals surface area contributed by atoms with Crippen molar-refractivity contribution in [3.8, 4) is 10.6 Å². The van der Waals surface area contributed by atoms with Crippen molar-refractivity contribution in [3.63, 3.8) is 0 Å². The van der Waals surface area contributed by atoms with Crippen molar-refractivity contribution in [1.29, 1.82) is 0 Å². The van der Waals surface area contributed by atoms with Crippen LogP contribution in [0.1, 0.15) is 23.4 Å². The van der Waals surface area contributed by atoms with Crippen LogP contribution in [0.2, 0.25) is 0 Å². The number of furan rings is 1. The van der Waals surface area contributed by atoms with Crippen LogP contribution in [0, 0.1) is 0 Å². The van der Waals surface area contributed by atoms with Crippen LogP contribution >= 0.6 is 11.3 Å². The van der Waals surface area contributed by atoms with Crippen molar-refractivity contribution in [2.24, 2.45) is 0 Å². The van der Waals surface area contributed by atoms with E-state index in [1.807, 2.05) is 43.3 Å². The van der Waals surface area contributed by atoms with Crippen molar-refractivity contribution in [2.45, 2.75) is 18.9 Å². The lowest BCUT2D eigenvalue weighted by molar-refractivity contribution is -0.119. The molecule has 8 nitrogen and oxygen atoms in total. The predicted octanol–water partition coefficient (Wildman–Crippen LogP) is 3.11. The number of aromatic nitrogens is 2. The molecule has 3 aromatic rings. The summed E-state index contributed by atoms with van der Waals surface area (Å²) in [5.41, 5.74) is 2.03. The summed E-state index contributed by atoms with van der Waals surface area (Å²) in [7, 11) is 3.97. The van der Waals surface area contributed by atoms with Gasteiger partial charge in [0.1, 0.15) is 11.0 Å². The minimum atomic E-state index is -0.542. The van der Waals surface area contributed by atoms with Crippen molar-refractivity contribution in [3.05, 3.63) is 48.4 Å². The highest BCUT2D eigenvalue weighted by Crippen LogP contribution is 2.29. The van der Waals surface area contributed by atoms with Gasteiger partial charge in [0.15, 0.2) is 5.76 Å². The Morgan fingerprint density at radius 1 is 1.21 bits per heavy atom. The third kappa shape index (κ3) is 4.00. The number of benzene rings is 1. The SMILES string of the molecule is CN(C)c1ccc(-c2nnc(NC(=O)C3CCCN3C(=O)c3ccco3)s2)cc1. The first kappa shape index (κ1) is 19.1. The van der Waals surface area contributed by atoms with Gasteiger partial charge in [-0.25, -0.2) is 0 Å². The summed E-state index contributed by atoms with van der Waals surface area (Å²) in [6.07, 6.45) is 2.83. The first-order chi connectivity index (χ1) is 14.0. The molecule has 1 aromatic carbocycles. The molecule has 1 aliphatic heterocycles. The van der Waals surface area contributed by atoms with Crippen LogP contribution in [0.5, 0.6) is 0 Å². The second kappa shape index (κ2) is 8.04. The number of carbonyl (C=O) groups excluding carboxylic acids is 2. The van der Waals surface area contributed by atoms with Crippen molar-refractivity contribution >= 4 is 34.0 Å². The number of rotatable bonds is 5. The van der Waals surface area contributed by atoms with Gasteiger partial charge in [-0.3, -0.25) is 14.9 Å². The molecule has 9 heteroatoms. The fourth-order valence-corrected chi connectivity index (χ4v) is 4.06. The van der Waals surface area contributed by atoms with E-state index in [0.717, 1.165) is 22.7 Å². The predicted molar refractivity (Wildman–Crippen MR) is 111 cm³/mol. The van der Waals surface area contributed by atoms with Crippen LogP contribution in [0.15, 0.2) is 47.1 Å². The monoisotopic (exact) mass is 411 g/mol. The summed E-state index contributed by atoms with van der Waals surface area (Å²) in [5, 5.41) is 12.2.